The van der Waals surface area contributed by atoms with Gasteiger partial charge in [0.2, 0.25) is 5.91 Å². The molecule has 20 heavy (non-hydrogen) atoms. The van der Waals surface area contributed by atoms with Crippen LogP contribution in [0.5, 0.6) is 0 Å². The monoisotopic (exact) mass is 271 g/mol. The molecule has 2 N–H and O–H groups in total. The molecule has 0 aromatic heterocycles. The number of likely N-dealkylation sites (tertiary alicyclic amines) is 1. The standard InChI is InChI=1S/C16H21N3O/c1-11-7-13(8-17)4-6-14(11)9-19-10-15(16(18)20)5-3-12(19)2/h4,6-7,12,15H,3,5,9-10H2,1-2H3,(H2,18,20). The smallest absolute Gasteiger partial charge is 0.221 e. The van der Waals surface area contributed by atoms with Crippen LogP contribution in [0.3, 0.4) is 0 Å². The van der Waals surface area contributed by atoms with E-state index < -0.39 is 0 Å². The maximum absolute atomic E-state index is 11.4. The van der Waals surface area contributed by atoms with Gasteiger partial charge in [0.25, 0.3) is 0 Å². The highest BCUT2D eigenvalue weighted by molar-refractivity contribution is 5.77. The summed E-state index contributed by atoms with van der Waals surface area (Å²) in [4.78, 5) is 13.7. The summed E-state index contributed by atoms with van der Waals surface area (Å²) < 4.78 is 0. The third-order valence-electron chi connectivity index (χ3n) is 4.26. The summed E-state index contributed by atoms with van der Waals surface area (Å²) in [5, 5.41) is 8.90. The van der Waals surface area contributed by atoms with E-state index in [2.05, 4.69) is 17.9 Å². The highest BCUT2D eigenvalue weighted by atomic mass is 16.1. The molecule has 2 rings (SSSR count). The van der Waals surface area contributed by atoms with Crippen LogP contribution in [0.15, 0.2) is 18.2 Å². The number of amides is 1. The number of hydrogen-bond acceptors (Lipinski definition) is 3. The van der Waals surface area contributed by atoms with Crippen molar-refractivity contribution in [1.29, 1.82) is 5.26 Å². The van der Waals surface area contributed by atoms with Gasteiger partial charge in [-0.05, 0) is 49.9 Å². The van der Waals surface area contributed by atoms with Crippen molar-refractivity contribution in [3.8, 4) is 6.07 Å². The molecular weight excluding hydrogens is 250 g/mol. The van der Waals surface area contributed by atoms with E-state index in [1.807, 2.05) is 25.1 Å². The van der Waals surface area contributed by atoms with E-state index >= 15 is 0 Å². The van der Waals surface area contributed by atoms with Gasteiger partial charge < -0.3 is 5.73 Å². The molecule has 0 radical (unpaired) electrons. The fourth-order valence-electron chi connectivity index (χ4n) is 2.79. The first kappa shape index (κ1) is 14.5. The van der Waals surface area contributed by atoms with Gasteiger partial charge in [-0.1, -0.05) is 6.07 Å². The lowest BCUT2D eigenvalue weighted by atomic mass is 9.92. The first-order chi connectivity index (χ1) is 9.51. The minimum absolute atomic E-state index is 0.0371. The molecule has 0 aliphatic carbocycles. The Balaban J connectivity index is 2.12. The number of benzene rings is 1. The second-order valence-corrected chi connectivity index (χ2v) is 5.71. The van der Waals surface area contributed by atoms with Crippen LogP contribution >= 0.6 is 0 Å². The average Bonchev–Trinajstić information content (AvgIpc) is 2.42. The van der Waals surface area contributed by atoms with Gasteiger partial charge in [0.05, 0.1) is 17.6 Å². The Labute approximate surface area is 120 Å². The van der Waals surface area contributed by atoms with Gasteiger partial charge in [0.1, 0.15) is 0 Å². The molecule has 0 bridgehead atoms. The molecule has 1 aromatic carbocycles. The van der Waals surface area contributed by atoms with Crippen molar-refractivity contribution in [2.75, 3.05) is 6.54 Å². The molecule has 0 saturated carbocycles. The van der Waals surface area contributed by atoms with Crippen LogP contribution in [-0.4, -0.2) is 23.4 Å². The molecule has 1 aliphatic rings. The van der Waals surface area contributed by atoms with E-state index in [9.17, 15) is 4.79 Å². The van der Waals surface area contributed by atoms with Gasteiger partial charge >= 0.3 is 0 Å². The molecule has 1 fully saturated rings. The van der Waals surface area contributed by atoms with Gasteiger partial charge in [0.15, 0.2) is 0 Å². The van der Waals surface area contributed by atoms with Crippen LogP contribution in [0, 0.1) is 24.2 Å². The Morgan fingerprint density at radius 2 is 2.25 bits per heavy atom. The predicted octanol–water partition coefficient (Wildman–Crippen LogP) is 1.95. The second-order valence-electron chi connectivity index (χ2n) is 5.71. The highest BCUT2D eigenvalue weighted by Crippen LogP contribution is 2.24. The Kier molecular flexibility index (Phi) is 4.41. The maximum Gasteiger partial charge on any atom is 0.221 e. The van der Waals surface area contributed by atoms with Gasteiger partial charge in [-0.15, -0.1) is 0 Å². The number of carbonyl (C=O) groups excluding carboxylic acids is 1. The first-order valence-electron chi connectivity index (χ1n) is 7.04. The number of nitriles is 1. The minimum Gasteiger partial charge on any atom is -0.369 e. The third-order valence-corrected chi connectivity index (χ3v) is 4.26. The van der Waals surface area contributed by atoms with E-state index in [1.165, 1.54) is 5.56 Å². The molecule has 1 amide bonds. The van der Waals surface area contributed by atoms with Crippen LogP contribution in [0.1, 0.15) is 36.5 Å². The van der Waals surface area contributed by atoms with Crippen molar-refractivity contribution in [2.45, 2.75) is 39.3 Å². The molecule has 1 saturated heterocycles. The van der Waals surface area contributed by atoms with Crippen LogP contribution in [0.4, 0.5) is 0 Å². The van der Waals surface area contributed by atoms with Gasteiger partial charge in [-0.3, -0.25) is 9.69 Å². The lowest BCUT2D eigenvalue weighted by Gasteiger charge is -2.37. The maximum atomic E-state index is 11.4. The summed E-state index contributed by atoms with van der Waals surface area (Å²) in [7, 11) is 0. The number of rotatable bonds is 3. The number of aryl methyl sites for hydroxylation is 1. The molecular formula is C16H21N3O. The fourth-order valence-corrected chi connectivity index (χ4v) is 2.79. The minimum atomic E-state index is -0.196. The molecule has 1 heterocycles. The second kappa shape index (κ2) is 6.06. The Morgan fingerprint density at radius 3 is 2.85 bits per heavy atom. The summed E-state index contributed by atoms with van der Waals surface area (Å²) in [6, 6.07) is 8.38. The normalized spacial score (nSPS) is 23.2. The van der Waals surface area contributed by atoms with E-state index in [0.29, 0.717) is 11.6 Å². The van der Waals surface area contributed by atoms with Crippen LogP contribution in [0.25, 0.3) is 0 Å². The Bertz CT molecular complexity index is 547. The Hall–Kier alpha value is -1.86. The topological polar surface area (TPSA) is 70.1 Å². The summed E-state index contributed by atoms with van der Waals surface area (Å²) in [6.07, 6.45) is 1.89. The van der Waals surface area contributed by atoms with Crippen molar-refractivity contribution >= 4 is 5.91 Å². The number of piperidine rings is 1. The lowest BCUT2D eigenvalue weighted by molar-refractivity contribution is -0.124. The van der Waals surface area contributed by atoms with Gasteiger partial charge in [0, 0.05) is 19.1 Å². The van der Waals surface area contributed by atoms with Crippen molar-refractivity contribution in [2.24, 2.45) is 11.7 Å². The third kappa shape index (κ3) is 3.17. The zero-order chi connectivity index (χ0) is 14.7. The summed E-state index contributed by atoms with van der Waals surface area (Å²) >= 11 is 0. The van der Waals surface area contributed by atoms with Crippen molar-refractivity contribution in [3.63, 3.8) is 0 Å². The molecule has 106 valence electrons. The van der Waals surface area contributed by atoms with Crippen molar-refractivity contribution < 1.29 is 4.79 Å². The number of nitrogens with zero attached hydrogens (tertiary/aromatic N) is 2. The molecule has 1 aliphatic heterocycles. The van der Waals surface area contributed by atoms with E-state index in [0.717, 1.165) is 31.5 Å². The highest BCUT2D eigenvalue weighted by Gasteiger charge is 2.28. The van der Waals surface area contributed by atoms with Crippen LogP contribution in [-0.2, 0) is 11.3 Å². The quantitative estimate of drug-likeness (QED) is 0.913. The summed E-state index contributed by atoms with van der Waals surface area (Å²) in [5.41, 5.74) is 8.45. The molecule has 1 aromatic rings. The van der Waals surface area contributed by atoms with Crippen LogP contribution < -0.4 is 5.73 Å². The van der Waals surface area contributed by atoms with Crippen molar-refractivity contribution in [3.05, 3.63) is 34.9 Å². The largest absolute Gasteiger partial charge is 0.369 e. The van der Waals surface area contributed by atoms with Crippen molar-refractivity contribution in [1.82, 2.24) is 4.90 Å². The fraction of sp³-hybridized carbons (Fsp3) is 0.500. The SMILES string of the molecule is Cc1cc(C#N)ccc1CN1CC(C(N)=O)CCC1C. The predicted molar refractivity (Wildman–Crippen MR) is 77.7 cm³/mol. The number of hydrogen-bond donors (Lipinski definition) is 1. The average molecular weight is 271 g/mol. The number of carbonyl (C=O) groups is 1. The van der Waals surface area contributed by atoms with Crippen LogP contribution in [0.2, 0.25) is 0 Å². The van der Waals surface area contributed by atoms with Gasteiger partial charge in [-0.2, -0.15) is 5.26 Å². The Morgan fingerprint density at radius 1 is 1.50 bits per heavy atom. The lowest BCUT2D eigenvalue weighted by Crippen LogP contribution is -2.45. The van der Waals surface area contributed by atoms with E-state index in [4.69, 9.17) is 11.0 Å². The zero-order valence-corrected chi connectivity index (χ0v) is 12.1. The number of primary amides is 1. The first-order valence-corrected chi connectivity index (χ1v) is 7.04. The molecule has 0 spiro atoms. The molecule has 4 heteroatoms. The molecule has 2 unspecified atom stereocenters. The van der Waals surface area contributed by atoms with E-state index in [-0.39, 0.29) is 11.8 Å². The zero-order valence-electron chi connectivity index (χ0n) is 12.1. The van der Waals surface area contributed by atoms with E-state index in [1.54, 1.807) is 0 Å². The molecule has 2 atom stereocenters. The molecule has 4 nitrogen and oxygen atoms in total. The summed E-state index contributed by atoms with van der Waals surface area (Å²) in [6.45, 7) is 5.75. The summed E-state index contributed by atoms with van der Waals surface area (Å²) in [5.74, 6) is -0.233. The van der Waals surface area contributed by atoms with Gasteiger partial charge in [-0.25, -0.2) is 0 Å². The number of nitrogens with two attached hydrogens (primary N) is 1.